The second-order valence-corrected chi connectivity index (χ2v) is 4.54. The summed E-state index contributed by atoms with van der Waals surface area (Å²) in [4.78, 5) is 11.0. The van der Waals surface area contributed by atoms with E-state index in [4.69, 9.17) is 17.3 Å². The molecule has 0 heterocycles. The molecule has 2 aromatic carbocycles. The van der Waals surface area contributed by atoms with Gasteiger partial charge in [-0.25, -0.2) is 0 Å². The fourth-order valence-corrected chi connectivity index (χ4v) is 2.02. The van der Waals surface area contributed by atoms with Crippen molar-refractivity contribution in [1.29, 1.82) is 0 Å². The van der Waals surface area contributed by atoms with Crippen LogP contribution < -0.4 is 5.73 Å². The molecule has 0 unspecified atom stereocenters. The van der Waals surface area contributed by atoms with E-state index in [1.54, 1.807) is 6.07 Å². The lowest BCUT2D eigenvalue weighted by atomic mass is 10.0. The lowest BCUT2D eigenvalue weighted by Crippen LogP contribution is -2.11. The van der Waals surface area contributed by atoms with Crippen LogP contribution in [0.2, 0.25) is 5.02 Å². The topological polar surface area (TPSA) is 43.1 Å². The van der Waals surface area contributed by atoms with Crippen LogP contribution in [0.15, 0.2) is 42.5 Å². The van der Waals surface area contributed by atoms with Crippen molar-refractivity contribution in [3.8, 4) is 11.1 Å². The first-order chi connectivity index (χ1) is 9.29. The second-order valence-electron chi connectivity index (χ2n) is 4.13. The lowest BCUT2D eigenvalue weighted by molar-refractivity contribution is -0.137. The van der Waals surface area contributed by atoms with E-state index in [9.17, 15) is 18.0 Å². The maximum Gasteiger partial charge on any atom is 0.416 e. The summed E-state index contributed by atoms with van der Waals surface area (Å²) in [5.74, 6) is -0.658. The van der Waals surface area contributed by atoms with Crippen molar-refractivity contribution in [2.75, 3.05) is 0 Å². The molecule has 0 aliphatic carbocycles. The zero-order chi connectivity index (χ0) is 14.9. The molecule has 0 atom stereocenters. The zero-order valence-corrected chi connectivity index (χ0v) is 10.8. The second kappa shape index (κ2) is 5.17. The van der Waals surface area contributed by atoms with E-state index < -0.39 is 17.6 Å². The van der Waals surface area contributed by atoms with Crippen molar-refractivity contribution >= 4 is 17.5 Å². The summed E-state index contributed by atoms with van der Waals surface area (Å²) in [5, 5.41) is 0.162. The van der Waals surface area contributed by atoms with E-state index in [1.165, 1.54) is 24.3 Å². The van der Waals surface area contributed by atoms with Gasteiger partial charge in [-0.3, -0.25) is 4.79 Å². The van der Waals surface area contributed by atoms with Gasteiger partial charge in [-0.2, -0.15) is 13.2 Å². The Morgan fingerprint density at radius 3 is 2.00 bits per heavy atom. The molecule has 0 aliphatic rings. The molecule has 6 heteroatoms. The summed E-state index contributed by atoms with van der Waals surface area (Å²) in [6.45, 7) is 0. The van der Waals surface area contributed by atoms with Gasteiger partial charge in [0, 0.05) is 0 Å². The van der Waals surface area contributed by atoms with Crippen molar-refractivity contribution in [2.24, 2.45) is 5.73 Å². The largest absolute Gasteiger partial charge is 0.416 e. The molecule has 2 N–H and O–H groups in total. The molecule has 2 aromatic rings. The lowest BCUT2D eigenvalue weighted by Gasteiger charge is -2.08. The third-order valence-corrected chi connectivity index (χ3v) is 3.09. The molecule has 0 aromatic heterocycles. The van der Waals surface area contributed by atoms with E-state index >= 15 is 0 Å². The normalized spacial score (nSPS) is 11.4. The van der Waals surface area contributed by atoms with Gasteiger partial charge in [0.1, 0.15) is 0 Å². The zero-order valence-electron chi connectivity index (χ0n) is 10.0. The van der Waals surface area contributed by atoms with E-state index in [0.717, 1.165) is 12.1 Å². The van der Waals surface area contributed by atoms with Crippen LogP contribution >= 0.6 is 11.6 Å². The molecule has 0 bridgehead atoms. The number of carbonyl (C=O) groups excluding carboxylic acids is 1. The Labute approximate surface area is 118 Å². The molecule has 0 saturated carbocycles. The van der Waals surface area contributed by atoms with Crippen molar-refractivity contribution in [3.05, 3.63) is 58.6 Å². The minimum absolute atomic E-state index is 0.162. The van der Waals surface area contributed by atoms with Gasteiger partial charge < -0.3 is 5.73 Å². The van der Waals surface area contributed by atoms with E-state index in [0.29, 0.717) is 11.1 Å². The molecule has 104 valence electrons. The molecule has 0 aliphatic heterocycles. The fourth-order valence-electron chi connectivity index (χ4n) is 1.75. The molecule has 0 spiro atoms. The van der Waals surface area contributed by atoms with Gasteiger partial charge in [0.2, 0.25) is 5.91 Å². The maximum absolute atomic E-state index is 12.5. The van der Waals surface area contributed by atoms with Gasteiger partial charge in [0.15, 0.2) is 0 Å². The van der Waals surface area contributed by atoms with Crippen LogP contribution in [0, 0.1) is 0 Å². The molecular formula is C14H9ClF3NO. The molecule has 2 nitrogen and oxygen atoms in total. The number of rotatable bonds is 2. The van der Waals surface area contributed by atoms with Gasteiger partial charge in [-0.05, 0) is 35.4 Å². The summed E-state index contributed by atoms with van der Waals surface area (Å²) in [6, 6.07) is 9.18. The Morgan fingerprint density at radius 1 is 1.00 bits per heavy atom. The summed E-state index contributed by atoms with van der Waals surface area (Å²) in [7, 11) is 0. The molecule has 0 fully saturated rings. The van der Waals surface area contributed by atoms with Crippen LogP contribution in [0.25, 0.3) is 11.1 Å². The van der Waals surface area contributed by atoms with Crippen LogP contribution in [-0.4, -0.2) is 5.91 Å². The first-order valence-corrected chi connectivity index (χ1v) is 5.94. The summed E-state index contributed by atoms with van der Waals surface area (Å²) >= 11 is 5.90. The van der Waals surface area contributed by atoms with Crippen molar-refractivity contribution in [1.82, 2.24) is 0 Å². The Kier molecular flexibility index (Phi) is 3.72. The summed E-state index contributed by atoms with van der Waals surface area (Å²) < 4.78 is 37.4. The highest BCUT2D eigenvalue weighted by Crippen LogP contribution is 2.31. The molecule has 20 heavy (non-hydrogen) atoms. The number of halogens is 4. The smallest absolute Gasteiger partial charge is 0.366 e. The number of primary amides is 1. The van der Waals surface area contributed by atoms with Crippen LogP contribution in [0.3, 0.4) is 0 Å². The SMILES string of the molecule is NC(=O)c1ccc(-c2ccc(C(F)(F)F)cc2)cc1Cl. The minimum atomic E-state index is -4.37. The van der Waals surface area contributed by atoms with Gasteiger partial charge in [-0.1, -0.05) is 29.8 Å². The Bertz CT molecular complexity index is 650. The number of hydrogen-bond acceptors (Lipinski definition) is 1. The predicted molar refractivity (Wildman–Crippen MR) is 70.4 cm³/mol. The monoisotopic (exact) mass is 299 g/mol. The number of nitrogens with two attached hydrogens (primary N) is 1. The standard InChI is InChI=1S/C14H9ClF3NO/c15-12-7-9(3-6-11(12)13(19)20)8-1-4-10(5-2-8)14(16,17)18/h1-7H,(H2,19,20). The average molecular weight is 300 g/mol. The van der Waals surface area contributed by atoms with Crippen LogP contribution in [0.4, 0.5) is 13.2 Å². The number of benzene rings is 2. The van der Waals surface area contributed by atoms with Gasteiger partial charge in [-0.15, -0.1) is 0 Å². The van der Waals surface area contributed by atoms with E-state index in [2.05, 4.69) is 0 Å². The molecule has 0 saturated heterocycles. The molecule has 1 amide bonds. The highest BCUT2D eigenvalue weighted by atomic mass is 35.5. The minimum Gasteiger partial charge on any atom is -0.366 e. The Balaban J connectivity index is 2.37. The number of carbonyl (C=O) groups is 1. The third kappa shape index (κ3) is 2.93. The van der Waals surface area contributed by atoms with Crippen molar-refractivity contribution in [2.45, 2.75) is 6.18 Å². The summed E-state index contributed by atoms with van der Waals surface area (Å²) in [6.07, 6.45) is -4.37. The highest BCUT2D eigenvalue weighted by Gasteiger charge is 2.29. The first-order valence-electron chi connectivity index (χ1n) is 5.56. The Morgan fingerprint density at radius 2 is 1.55 bits per heavy atom. The number of amides is 1. The van der Waals surface area contributed by atoms with E-state index in [1.807, 2.05) is 0 Å². The molecule has 2 rings (SSSR count). The van der Waals surface area contributed by atoms with Crippen LogP contribution in [0.1, 0.15) is 15.9 Å². The fraction of sp³-hybridized carbons (Fsp3) is 0.0714. The highest BCUT2D eigenvalue weighted by molar-refractivity contribution is 6.34. The van der Waals surface area contributed by atoms with Crippen molar-refractivity contribution < 1.29 is 18.0 Å². The molecule has 0 radical (unpaired) electrons. The number of hydrogen-bond donors (Lipinski definition) is 1. The van der Waals surface area contributed by atoms with Crippen LogP contribution in [-0.2, 0) is 6.18 Å². The van der Waals surface area contributed by atoms with Crippen LogP contribution in [0.5, 0.6) is 0 Å². The van der Waals surface area contributed by atoms with Crippen molar-refractivity contribution in [3.63, 3.8) is 0 Å². The Hall–Kier alpha value is -2.01. The average Bonchev–Trinajstić information content (AvgIpc) is 2.37. The van der Waals surface area contributed by atoms with Gasteiger partial charge >= 0.3 is 6.18 Å². The van der Waals surface area contributed by atoms with E-state index in [-0.39, 0.29) is 10.6 Å². The van der Waals surface area contributed by atoms with Gasteiger partial charge in [0.25, 0.3) is 0 Å². The maximum atomic E-state index is 12.5. The number of alkyl halides is 3. The predicted octanol–water partition coefficient (Wildman–Crippen LogP) is 4.12. The van der Waals surface area contributed by atoms with Gasteiger partial charge in [0.05, 0.1) is 16.1 Å². The molecular weight excluding hydrogens is 291 g/mol. The first kappa shape index (κ1) is 14.4. The quantitative estimate of drug-likeness (QED) is 0.890. The summed E-state index contributed by atoms with van der Waals surface area (Å²) in [5.41, 5.74) is 5.74. The third-order valence-electron chi connectivity index (χ3n) is 2.78.